The monoisotopic (exact) mass is 387 g/mol. The number of nitrogens with zero attached hydrogens (tertiary/aromatic N) is 6. The molecule has 0 radical (unpaired) electrons. The zero-order valence-corrected chi connectivity index (χ0v) is 15.1. The lowest BCUT2D eigenvalue weighted by Gasteiger charge is -2.38. The van der Waals surface area contributed by atoms with E-state index in [1.165, 1.54) is 11.1 Å². The normalized spacial score (nSPS) is 18.8. The van der Waals surface area contributed by atoms with Gasteiger partial charge in [0.1, 0.15) is 5.75 Å². The van der Waals surface area contributed by atoms with Crippen LogP contribution < -0.4 is 10.2 Å². The van der Waals surface area contributed by atoms with Crippen molar-refractivity contribution in [1.82, 2.24) is 30.0 Å². The molecule has 0 bridgehead atoms. The number of nitrogens with one attached hydrogen (secondary N) is 1. The first-order chi connectivity index (χ1) is 13.5. The minimum Gasteiger partial charge on any atom is -0.507 e. The standard InChI is InChI=1S/C18H19F2N7O/c1-26(15-4-5-21-10-18(15,19)20)16-9-23-17(25-24-16)13-3-2-12(8-14(13)28)27-7-6-22-11-27/h2-3,6-9,11,15,21,28H,4-5,10H2,1H3/t15-/m1/s1. The van der Waals surface area contributed by atoms with Gasteiger partial charge in [-0.05, 0) is 25.1 Å². The average molecular weight is 387 g/mol. The van der Waals surface area contributed by atoms with Gasteiger partial charge < -0.3 is 19.9 Å². The van der Waals surface area contributed by atoms with Gasteiger partial charge in [-0.15, -0.1) is 10.2 Å². The summed E-state index contributed by atoms with van der Waals surface area (Å²) in [6.07, 6.45) is 6.70. The number of hydrogen-bond acceptors (Lipinski definition) is 7. The quantitative estimate of drug-likeness (QED) is 0.706. The van der Waals surface area contributed by atoms with Gasteiger partial charge in [-0.1, -0.05) is 0 Å². The first kappa shape index (κ1) is 18.2. The van der Waals surface area contributed by atoms with E-state index in [4.69, 9.17) is 0 Å². The molecule has 1 aliphatic rings. The fourth-order valence-electron chi connectivity index (χ4n) is 3.30. The van der Waals surface area contributed by atoms with Crippen LogP contribution in [0.5, 0.6) is 5.75 Å². The summed E-state index contributed by atoms with van der Waals surface area (Å²) in [6.45, 7) is 0.152. The van der Waals surface area contributed by atoms with E-state index in [1.807, 2.05) is 0 Å². The van der Waals surface area contributed by atoms with Gasteiger partial charge in [0, 0.05) is 25.5 Å². The molecule has 0 spiro atoms. The minimum absolute atomic E-state index is 0.0148. The van der Waals surface area contributed by atoms with Gasteiger partial charge in [0.2, 0.25) is 0 Å². The number of hydrogen-bond donors (Lipinski definition) is 2. The Morgan fingerprint density at radius 3 is 2.82 bits per heavy atom. The number of benzene rings is 1. The number of phenolic OH excluding ortho intramolecular Hbond substituents is 1. The molecule has 0 amide bonds. The van der Waals surface area contributed by atoms with Crippen LogP contribution in [0.2, 0.25) is 0 Å². The van der Waals surface area contributed by atoms with Gasteiger partial charge in [0.05, 0.1) is 36.4 Å². The van der Waals surface area contributed by atoms with Gasteiger partial charge in [-0.25, -0.2) is 18.7 Å². The lowest BCUT2D eigenvalue weighted by Crippen LogP contribution is -2.56. The molecular weight excluding hydrogens is 368 g/mol. The summed E-state index contributed by atoms with van der Waals surface area (Å²) in [5.41, 5.74) is 1.13. The summed E-state index contributed by atoms with van der Waals surface area (Å²) in [6, 6.07) is 4.05. The third kappa shape index (κ3) is 3.38. The Morgan fingerprint density at radius 2 is 2.18 bits per heavy atom. The maximum absolute atomic E-state index is 14.1. The number of alkyl halides is 2. The van der Waals surface area contributed by atoms with Gasteiger partial charge in [0.15, 0.2) is 11.6 Å². The summed E-state index contributed by atoms with van der Waals surface area (Å²) in [5, 5.41) is 21.1. The van der Waals surface area contributed by atoms with E-state index in [0.29, 0.717) is 18.5 Å². The third-order valence-corrected chi connectivity index (χ3v) is 4.85. The van der Waals surface area contributed by atoms with Gasteiger partial charge >= 0.3 is 0 Å². The molecule has 146 valence electrons. The van der Waals surface area contributed by atoms with E-state index in [9.17, 15) is 13.9 Å². The number of aromatic nitrogens is 5. The second kappa shape index (κ2) is 7.12. The van der Waals surface area contributed by atoms with E-state index in [1.54, 1.807) is 48.5 Å². The van der Waals surface area contributed by atoms with Crippen molar-refractivity contribution in [2.24, 2.45) is 0 Å². The van der Waals surface area contributed by atoms with E-state index in [0.717, 1.165) is 5.69 Å². The summed E-state index contributed by atoms with van der Waals surface area (Å²) in [5.74, 6) is -2.41. The summed E-state index contributed by atoms with van der Waals surface area (Å²) >= 11 is 0. The number of halogens is 2. The molecule has 10 heteroatoms. The van der Waals surface area contributed by atoms with Crippen molar-refractivity contribution >= 4 is 5.82 Å². The minimum atomic E-state index is -2.87. The number of anilines is 1. The highest BCUT2D eigenvalue weighted by molar-refractivity contribution is 5.66. The van der Waals surface area contributed by atoms with E-state index < -0.39 is 12.0 Å². The lowest BCUT2D eigenvalue weighted by atomic mass is 10.0. The molecule has 1 atom stereocenters. The van der Waals surface area contributed by atoms with Crippen LogP contribution in [0.15, 0.2) is 43.1 Å². The fourth-order valence-corrected chi connectivity index (χ4v) is 3.30. The van der Waals surface area contributed by atoms with E-state index in [2.05, 4.69) is 25.5 Å². The second-order valence-corrected chi connectivity index (χ2v) is 6.66. The smallest absolute Gasteiger partial charge is 0.280 e. The van der Waals surface area contributed by atoms with Crippen LogP contribution in [0, 0.1) is 0 Å². The molecule has 2 N–H and O–H groups in total. The third-order valence-electron chi connectivity index (χ3n) is 4.85. The van der Waals surface area contributed by atoms with Crippen molar-refractivity contribution in [2.45, 2.75) is 18.4 Å². The Bertz CT molecular complexity index is 947. The largest absolute Gasteiger partial charge is 0.507 e. The van der Waals surface area contributed by atoms with Crippen LogP contribution in [0.25, 0.3) is 17.1 Å². The van der Waals surface area contributed by atoms with Crippen molar-refractivity contribution < 1.29 is 13.9 Å². The van der Waals surface area contributed by atoms with Crippen LogP contribution in [0.1, 0.15) is 6.42 Å². The van der Waals surface area contributed by atoms with Crippen molar-refractivity contribution in [3.8, 4) is 22.8 Å². The highest BCUT2D eigenvalue weighted by Crippen LogP contribution is 2.31. The first-order valence-electron chi connectivity index (χ1n) is 8.78. The number of rotatable bonds is 4. The molecule has 0 saturated carbocycles. The Morgan fingerprint density at radius 1 is 1.32 bits per heavy atom. The van der Waals surface area contributed by atoms with Gasteiger partial charge in [-0.2, -0.15) is 0 Å². The average Bonchev–Trinajstić information content (AvgIpc) is 3.22. The van der Waals surface area contributed by atoms with Crippen LogP contribution >= 0.6 is 0 Å². The van der Waals surface area contributed by atoms with Gasteiger partial charge in [-0.3, -0.25) is 0 Å². The predicted octanol–water partition coefficient (Wildman–Crippen LogP) is 1.86. The highest BCUT2D eigenvalue weighted by Gasteiger charge is 2.44. The van der Waals surface area contributed by atoms with Gasteiger partial charge in [0.25, 0.3) is 5.92 Å². The molecular formula is C18H19F2N7O. The van der Waals surface area contributed by atoms with Crippen LogP contribution in [-0.4, -0.2) is 61.9 Å². The number of piperidine rings is 1. The van der Waals surface area contributed by atoms with Crippen LogP contribution in [-0.2, 0) is 0 Å². The van der Waals surface area contributed by atoms with Crippen LogP contribution in [0.4, 0.5) is 14.6 Å². The maximum atomic E-state index is 14.1. The zero-order chi connectivity index (χ0) is 19.7. The Labute approximate surface area is 159 Å². The summed E-state index contributed by atoms with van der Waals surface area (Å²) in [7, 11) is 1.56. The molecule has 0 aliphatic carbocycles. The summed E-state index contributed by atoms with van der Waals surface area (Å²) < 4.78 is 30.0. The SMILES string of the molecule is CN(c1cnc(-c2ccc(-n3ccnc3)cc2O)nn1)[C@@H]1CCNCC1(F)F. The molecule has 8 nitrogen and oxygen atoms in total. The van der Waals surface area contributed by atoms with Crippen molar-refractivity contribution in [3.05, 3.63) is 43.1 Å². The molecule has 28 heavy (non-hydrogen) atoms. The molecule has 3 aromatic rings. The van der Waals surface area contributed by atoms with Crippen molar-refractivity contribution in [1.29, 1.82) is 0 Å². The Kier molecular flexibility index (Phi) is 4.63. The Balaban J connectivity index is 1.56. The molecule has 1 aliphatic heterocycles. The molecule has 1 fully saturated rings. The van der Waals surface area contributed by atoms with Crippen LogP contribution in [0.3, 0.4) is 0 Å². The molecule has 0 unspecified atom stereocenters. The number of imidazole rings is 1. The first-order valence-corrected chi connectivity index (χ1v) is 8.78. The van der Waals surface area contributed by atoms with Crippen molar-refractivity contribution in [2.75, 3.05) is 25.0 Å². The van der Waals surface area contributed by atoms with E-state index >= 15 is 0 Å². The lowest BCUT2D eigenvalue weighted by molar-refractivity contribution is -0.0402. The van der Waals surface area contributed by atoms with E-state index in [-0.39, 0.29) is 23.9 Å². The number of phenols is 1. The molecule has 4 rings (SSSR count). The zero-order valence-electron chi connectivity index (χ0n) is 15.1. The molecule has 1 saturated heterocycles. The summed E-state index contributed by atoms with van der Waals surface area (Å²) in [4.78, 5) is 9.59. The Hall–Kier alpha value is -3.14. The molecule has 3 heterocycles. The second-order valence-electron chi connectivity index (χ2n) is 6.66. The molecule has 2 aromatic heterocycles. The molecule has 1 aromatic carbocycles. The maximum Gasteiger partial charge on any atom is 0.280 e. The highest BCUT2D eigenvalue weighted by atomic mass is 19.3. The number of aromatic hydroxyl groups is 1. The topological polar surface area (TPSA) is 92.0 Å². The van der Waals surface area contributed by atoms with Crippen molar-refractivity contribution in [3.63, 3.8) is 0 Å². The predicted molar refractivity (Wildman–Crippen MR) is 98.7 cm³/mol. The fraction of sp³-hybridized carbons (Fsp3) is 0.333.